The quantitative estimate of drug-likeness (QED) is 0.454. The van der Waals surface area contributed by atoms with Crippen molar-refractivity contribution in [3.63, 3.8) is 0 Å². The summed E-state index contributed by atoms with van der Waals surface area (Å²) in [7, 11) is 0. The molecule has 4 nitrogen and oxygen atoms in total. The van der Waals surface area contributed by atoms with Crippen molar-refractivity contribution in [1.29, 1.82) is 0 Å². The van der Waals surface area contributed by atoms with Crippen LogP contribution < -0.4 is 10.2 Å². The summed E-state index contributed by atoms with van der Waals surface area (Å²) in [6.45, 7) is 1.94. The third-order valence-corrected chi connectivity index (χ3v) is 5.46. The third-order valence-electron chi connectivity index (χ3n) is 5.46. The van der Waals surface area contributed by atoms with Crippen LogP contribution in [0.25, 0.3) is 16.3 Å². The van der Waals surface area contributed by atoms with Crippen LogP contribution in [0, 0.1) is 6.92 Å². The number of imide groups is 1. The van der Waals surface area contributed by atoms with E-state index in [-0.39, 0.29) is 17.5 Å². The Hall–Kier alpha value is -4.18. The molecule has 1 N–H and O–H groups in total. The van der Waals surface area contributed by atoms with E-state index < -0.39 is 0 Å². The lowest BCUT2D eigenvalue weighted by atomic mass is 10.0. The largest absolute Gasteiger partial charge is 0.350 e. The minimum absolute atomic E-state index is 0.286. The highest BCUT2D eigenvalue weighted by Crippen LogP contribution is 2.35. The summed E-state index contributed by atoms with van der Waals surface area (Å²) in [5.74, 6) is -0.688. The summed E-state index contributed by atoms with van der Waals surface area (Å²) in [6.07, 6.45) is 0. The first-order valence-electron chi connectivity index (χ1n) is 10.1. The summed E-state index contributed by atoms with van der Waals surface area (Å²) in [4.78, 5) is 28.3. The topological polar surface area (TPSA) is 49.4 Å². The summed E-state index contributed by atoms with van der Waals surface area (Å²) in [5.41, 5.74) is 3.70. The van der Waals surface area contributed by atoms with E-state index in [1.165, 1.54) is 4.90 Å². The van der Waals surface area contributed by atoms with Crippen molar-refractivity contribution in [1.82, 2.24) is 0 Å². The molecule has 5 rings (SSSR count). The number of hydrogen-bond donors (Lipinski definition) is 1. The van der Waals surface area contributed by atoms with Gasteiger partial charge in [0.1, 0.15) is 5.70 Å². The van der Waals surface area contributed by atoms with Crippen LogP contribution in [0.3, 0.4) is 0 Å². The summed E-state index contributed by atoms with van der Waals surface area (Å²) in [5, 5.41) is 5.34. The maximum Gasteiger partial charge on any atom is 0.282 e. The molecule has 4 aromatic carbocycles. The second kappa shape index (κ2) is 7.58. The molecule has 0 bridgehead atoms. The van der Waals surface area contributed by atoms with Gasteiger partial charge in [-0.3, -0.25) is 9.59 Å². The fourth-order valence-corrected chi connectivity index (χ4v) is 3.99. The fraction of sp³-hybridized carbons (Fsp3) is 0.0370. The first-order valence-corrected chi connectivity index (χ1v) is 10.1. The lowest BCUT2D eigenvalue weighted by Gasteiger charge is -2.16. The van der Waals surface area contributed by atoms with E-state index in [4.69, 9.17) is 0 Å². The van der Waals surface area contributed by atoms with Gasteiger partial charge >= 0.3 is 0 Å². The van der Waals surface area contributed by atoms with Gasteiger partial charge in [-0.1, -0.05) is 78.9 Å². The van der Waals surface area contributed by atoms with Gasteiger partial charge in [-0.2, -0.15) is 0 Å². The molecule has 0 atom stereocenters. The maximum atomic E-state index is 13.5. The second-order valence-corrected chi connectivity index (χ2v) is 7.55. The third kappa shape index (κ3) is 3.28. The molecule has 4 aromatic rings. The summed E-state index contributed by atoms with van der Waals surface area (Å²) >= 11 is 0. The van der Waals surface area contributed by atoms with Gasteiger partial charge in [0.15, 0.2) is 0 Å². The predicted molar refractivity (Wildman–Crippen MR) is 125 cm³/mol. The van der Waals surface area contributed by atoms with E-state index in [0.29, 0.717) is 16.8 Å². The van der Waals surface area contributed by atoms with Crippen molar-refractivity contribution >= 4 is 39.5 Å². The molecule has 0 unspecified atom stereocenters. The second-order valence-electron chi connectivity index (χ2n) is 7.55. The van der Waals surface area contributed by atoms with Gasteiger partial charge in [-0.25, -0.2) is 4.90 Å². The molecule has 150 valence electrons. The number of carbonyl (C=O) groups excluding carboxylic acids is 2. The monoisotopic (exact) mass is 404 g/mol. The van der Waals surface area contributed by atoms with E-state index in [0.717, 1.165) is 22.0 Å². The van der Waals surface area contributed by atoms with E-state index in [2.05, 4.69) is 5.32 Å². The van der Waals surface area contributed by atoms with Crippen molar-refractivity contribution in [2.45, 2.75) is 6.92 Å². The molecule has 0 aliphatic carbocycles. The van der Waals surface area contributed by atoms with Crippen molar-refractivity contribution in [3.05, 3.63) is 114 Å². The summed E-state index contributed by atoms with van der Waals surface area (Å²) in [6, 6.07) is 30.6. The molecule has 0 aromatic heterocycles. The molecule has 0 saturated heterocycles. The highest BCUT2D eigenvalue weighted by Gasteiger charge is 2.40. The van der Waals surface area contributed by atoms with Crippen LogP contribution in [0.2, 0.25) is 0 Å². The van der Waals surface area contributed by atoms with E-state index >= 15 is 0 Å². The predicted octanol–water partition coefficient (Wildman–Crippen LogP) is 5.54. The van der Waals surface area contributed by atoms with Gasteiger partial charge in [0.2, 0.25) is 0 Å². The Morgan fingerprint density at radius 3 is 2.23 bits per heavy atom. The van der Waals surface area contributed by atoms with Crippen molar-refractivity contribution in [3.8, 4) is 0 Å². The van der Waals surface area contributed by atoms with Crippen LogP contribution in [0.1, 0.15) is 11.1 Å². The number of fused-ring (bicyclic) bond motifs is 1. The molecular weight excluding hydrogens is 384 g/mol. The number of amides is 2. The Balaban J connectivity index is 1.66. The molecule has 1 aliphatic heterocycles. The van der Waals surface area contributed by atoms with Crippen molar-refractivity contribution in [2.75, 3.05) is 10.2 Å². The van der Waals surface area contributed by atoms with Gasteiger partial charge in [0.25, 0.3) is 11.8 Å². The zero-order valence-corrected chi connectivity index (χ0v) is 17.0. The molecule has 0 radical (unpaired) electrons. The Kier molecular flexibility index (Phi) is 4.60. The highest BCUT2D eigenvalue weighted by atomic mass is 16.2. The molecule has 1 aliphatic rings. The zero-order valence-electron chi connectivity index (χ0n) is 17.0. The first kappa shape index (κ1) is 18.8. The van der Waals surface area contributed by atoms with Crippen LogP contribution >= 0.6 is 0 Å². The van der Waals surface area contributed by atoms with E-state index in [1.807, 2.05) is 97.9 Å². The average Bonchev–Trinajstić information content (AvgIpc) is 3.04. The Morgan fingerprint density at radius 2 is 1.42 bits per heavy atom. The number of carbonyl (C=O) groups is 2. The number of nitrogens with zero attached hydrogens (tertiary/aromatic N) is 1. The minimum Gasteiger partial charge on any atom is -0.350 e. The average molecular weight is 404 g/mol. The molecule has 2 amide bonds. The SMILES string of the molecule is Cc1cccc(N2C(=O)C(Nc3cccc4ccccc34)=C(c3ccccc3)C2=O)c1. The standard InChI is InChI=1S/C27H20N2O2/c1-18-9-7-14-21(17-18)29-26(30)24(20-11-3-2-4-12-20)25(27(29)31)28-23-16-8-13-19-10-5-6-15-22(19)23/h2-17,28H,1H3. The normalized spacial score (nSPS) is 13.9. The van der Waals surface area contributed by atoms with Crippen molar-refractivity contribution in [2.24, 2.45) is 0 Å². The first-order chi connectivity index (χ1) is 15.1. The zero-order chi connectivity index (χ0) is 21.4. The number of hydrogen-bond acceptors (Lipinski definition) is 3. The van der Waals surface area contributed by atoms with E-state index in [9.17, 15) is 9.59 Å². The lowest BCUT2D eigenvalue weighted by molar-refractivity contribution is -0.120. The van der Waals surface area contributed by atoms with Crippen LogP contribution in [0.15, 0.2) is 103 Å². The van der Waals surface area contributed by atoms with Crippen molar-refractivity contribution < 1.29 is 9.59 Å². The van der Waals surface area contributed by atoms with Gasteiger partial charge in [-0.05, 0) is 41.6 Å². The lowest BCUT2D eigenvalue weighted by Crippen LogP contribution is -2.32. The molecular formula is C27H20N2O2. The molecule has 31 heavy (non-hydrogen) atoms. The smallest absolute Gasteiger partial charge is 0.282 e. The fourth-order valence-electron chi connectivity index (χ4n) is 3.99. The number of rotatable bonds is 4. The molecule has 1 heterocycles. The molecule has 0 saturated carbocycles. The van der Waals surface area contributed by atoms with Gasteiger partial charge < -0.3 is 5.32 Å². The Labute approximate surface area is 180 Å². The molecule has 0 spiro atoms. The number of benzene rings is 4. The van der Waals surface area contributed by atoms with Gasteiger partial charge in [0, 0.05) is 11.1 Å². The van der Waals surface area contributed by atoms with E-state index in [1.54, 1.807) is 6.07 Å². The Bertz CT molecular complexity index is 1350. The van der Waals surface area contributed by atoms with Gasteiger partial charge in [-0.15, -0.1) is 0 Å². The number of nitrogens with one attached hydrogen (secondary N) is 1. The highest BCUT2D eigenvalue weighted by molar-refractivity contribution is 6.46. The van der Waals surface area contributed by atoms with Crippen LogP contribution in [0.5, 0.6) is 0 Å². The number of aryl methyl sites for hydroxylation is 1. The summed E-state index contributed by atoms with van der Waals surface area (Å²) < 4.78 is 0. The van der Waals surface area contributed by atoms with Crippen LogP contribution in [0.4, 0.5) is 11.4 Å². The van der Waals surface area contributed by atoms with Crippen LogP contribution in [-0.2, 0) is 9.59 Å². The van der Waals surface area contributed by atoms with Crippen LogP contribution in [-0.4, -0.2) is 11.8 Å². The Morgan fingerprint density at radius 1 is 0.710 bits per heavy atom. The molecule has 0 fully saturated rings. The number of anilines is 2. The maximum absolute atomic E-state index is 13.5. The molecule has 4 heteroatoms. The van der Waals surface area contributed by atoms with Gasteiger partial charge in [0.05, 0.1) is 11.3 Å². The minimum atomic E-state index is -0.359.